The van der Waals surface area contributed by atoms with E-state index < -0.39 is 0 Å². The van der Waals surface area contributed by atoms with Crippen molar-refractivity contribution in [1.82, 2.24) is 4.98 Å². The zero-order valence-electron chi connectivity index (χ0n) is 8.24. The Morgan fingerprint density at radius 2 is 2.53 bits per heavy atom. The molecule has 2 N–H and O–H groups in total. The molecule has 0 bridgehead atoms. The minimum atomic E-state index is -0.378. The van der Waals surface area contributed by atoms with Crippen LogP contribution in [0.15, 0.2) is 22.8 Å². The summed E-state index contributed by atoms with van der Waals surface area (Å²) in [6.07, 6.45) is 2.51. The van der Waals surface area contributed by atoms with Crippen LogP contribution in [0.25, 0.3) is 0 Å². The number of pyridine rings is 1. The number of hydrogen-bond acceptors (Lipinski definition) is 4. The molecular weight excluding hydrogens is 260 g/mol. The number of halogens is 1. The summed E-state index contributed by atoms with van der Waals surface area (Å²) in [5, 5.41) is 12.6. The highest BCUT2D eigenvalue weighted by Gasteiger charge is 2.34. The van der Waals surface area contributed by atoms with Gasteiger partial charge in [-0.2, -0.15) is 0 Å². The first-order valence-corrected chi connectivity index (χ1v) is 5.62. The monoisotopic (exact) mass is 272 g/mol. The fraction of sp³-hybridized carbons (Fsp3) is 0.500. The van der Waals surface area contributed by atoms with Crippen molar-refractivity contribution < 1.29 is 9.84 Å². The van der Waals surface area contributed by atoms with Gasteiger partial charge in [-0.15, -0.1) is 0 Å². The summed E-state index contributed by atoms with van der Waals surface area (Å²) in [7, 11) is 0. The van der Waals surface area contributed by atoms with Crippen LogP contribution in [0.1, 0.15) is 6.42 Å². The minimum absolute atomic E-state index is 0.0516. The second-order valence-electron chi connectivity index (χ2n) is 3.70. The summed E-state index contributed by atoms with van der Waals surface area (Å²) in [6.45, 7) is 1.25. The van der Waals surface area contributed by atoms with E-state index in [1.807, 2.05) is 12.1 Å². The van der Waals surface area contributed by atoms with Gasteiger partial charge in [0.2, 0.25) is 0 Å². The van der Waals surface area contributed by atoms with Crippen molar-refractivity contribution in [2.24, 2.45) is 0 Å². The van der Waals surface area contributed by atoms with Crippen molar-refractivity contribution >= 4 is 21.7 Å². The van der Waals surface area contributed by atoms with E-state index in [9.17, 15) is 5.11 Å². The summed E-state index contributed by atoms with van der Waals surface area (Å²) in [5.74, 6) is 0.747. The topological polar surface area (TPSA) is 54.4 Å². The zero-order chi connectivity index (χ0) is 10.7. The van der Waals surface area contributed by atoms with Gasteiger partial charge >= 0.3 is 0 Å². The molecule has 0 aliphatic carbocycles. The molecule has 82 valence electrons. The number of ether oxygens (including phenoxy) is 1. The molecule has 0 spiro atoms. The maximum Gasteiger partial charge on any atom is 0.140 e. The molecule has 2 rings (SSSR count). The lowest BCUT2D eigenvalue weighted by Gasteiger charge is -2.27. The third kappa shape index (κ3) is 2.30. The van der Waals surface area contributed by atoms with Crippen LogP contribution >= 0.6 is 15.9 Å². The van der Waals surface area contributed by atoms with E-state index >= 15 is 0 Å². The second-order valence-corrected chi connectivity index (χ2v) is 4.55. The van der Waals surface area contributed by atoms with Gasteiger partial charge in [-0.25, -0.2) is 4.98 Å². The summed E-state index contributed by atoms with van der Waals surface area (Å²) >= 11 is 3.41. The highest BCUT2D eigenvalue weighted by Crippen LogP contribution is 2.27. The predicted octanol–water partition coefficient (Wildman–Crippen LogP) is 1.41. The summed E-state index contributed by atoms with van der Waals surface area (Å²) < 4.78 is 6.19. The van der Waals surface area contributed by atoms with Gasteiger partial charge in [-0.1, -0.05) is 0 Å². The van der Waals surface area contributed by atoms with E-state index in [1.165, 1.54) is 0 Å². The normalized spacial score (nSPS) is 25.5. The lowest BCUT2D eigenvalue weighted by molar-refractivity contribution is 0.152. The number of aliphatic hydroxyl groups excluding tert-OH is 1. The molecule has 0 aromatic carbocycles. The second kappa shape index (κ2) is 4.47. The fourth-order valence-electron chi connectivity index (χ4n) is 1.60. The first-order valence-electron chi connectivity index (χ1n) is 4.83. The molecule has 0 radical (unpaired) electrons. The molecule has 1 saturated heterocycles. The molecule has 1 unspecified atom stereocenters. The number of aliphatic hydroxyl groups is 1. The van der Waals surface area contributed by atoms with Crippen molar-refractivity contribution in [1.29, 1.82) is 0 Å². The maximum absolute atomic E-state index is 9.38. The molecule has 15 heavy (non-hydrogen) atoms. The van der Waals surface area contributed by atoms with Crippen molar-refractivity contribution in [2.75, 3.05) is 25.1 Å². The van der Waals surface area contributed by atoms with E-state index in [2.05, 4.69) is 26.2 Å². The smallest absolute Gasteiger partial charge is 0.140 e. The molecule has 4 nitrogen and oxygen atoms in total. The summed E-state index contributed by atoms with van der Waals surface area (Å²) in [4.78, 5) is 4.21. The predicted molar refractivity (Wildman–Crippen MR) is 60.8 cm³/mol. The Kier molecular flexibility index (Phi) is 3.23. The van der Waals surface area contributed by atoms with Crippen molar-refractivity contribution in [3.05, 3.63) is 22.8 Å². The van der Waals surface area contributed by atoms with Crippen LogP contribution < -0.4 is 5.32 Å². The Morgan fingerprint density at radius 3 is 3.13 bits per heavy atom. The minimum Gasteiger partial charge on any atom is -0.394 e. The van der Waals surface area contributed by atoms with E-state index in [1.54, 1.807) is 6.20 Å². The Balaban J connectivity index is 2.16. The average molecular weight is 273 g/mol. The van der Waals surface area contributed by atoms with Crippen LogP contribution in [0.5, 0.6) is 0 Å². The molecule has 1 aliphatic rings. The fourth-order valence-corrected chi connectivity index (χ4v) is 1.95. The molecule has 1 aromatic rings. The Bertz CT molecular complexity index is 340. The van der Waals surface area contributed by atoms with Crippen molar-refractivity contribution in [2.45, 2.75) is 12.0 Å². The molecule has 0 amide bonds. The van der Waals surface area contributed by atoms with Gasteiger partial charge < -0.3 is 15.2 Å². The van der Waals surface area contributed by atoms with Gasteiger partial charge in [0.1, 0.15) is 5.82 Å². The average Bonchev–Trinajstić information content (AvgIpc) is 2.71. The van der Waals surface area contributed by atoms with Crippen LogP contribution in [0, 0.1) is 0 Å². The SMILES string of the molecule is OCC1(Nc2ncccc2Br)CCOC1. The number of rotatable bonds is 3. The molecule has 0 saturated carbocycles. The molecule has 1 aromatic heterocycles. The Hall–Kier alpha value is -0.650. The molecule has 2 heterocycles. The Morgan fingerprint density at radius 1 is 1.67 bits per heavy atom. The number of aromatic nitrogens is 1. The lowest BCUT2D eigenvalue weighted by atomic mass is 10.0. The molecule has 5 heteroatoms. The number of anilines is 1. The Labute approximate surface area is 96.8 Å². The first kappa shape index (κ1) is 10.9. The quantitative estimate of drug-likeness (QED) is 0.874. The third-order valence-corrected chi connectivity index (χ3v) is 3.19. The van der Waals surface area contributed by atoms with Crippen LogP contribution in [-0.2, 0) is 4.74 Å². The molecule has 1 aliphatic heterocycles. The van der Waals surface area contributed by atoms with Gasteiger partial charge in [0.25, 0.3) is 0 Å². The molecular formula is C10H13BrN2O2. The van der Waals surface area contributed by atoms with E-state index in [-0.39, 0.29) is 12.1 Å². The van der Waals surface area contributed by atoms with E-state index in [0.29, 0.717) is 13.2 Å². The number of nitrogens with one attached hydrogen (secondary N) is 1. The number of nitrogens with zero attached hydrogens (tertiary/aromatic N) is 1. The summed E-state index contributed by atoms with van der Waals surface area (Å²) in [5.41, 5.74) is -0.378. The van der Waals surface area contributed by atoms with Gasteiger partial charge in [-0.05, 0) is 34.5 Å². The van der Waals surface area contributed by atoms with Gasteiger partial charge in [0.05, 0.1) is 23.2 Å². The largest absolute Gasteiger partial charge is 0.394 e. The van der Waals surface area contributed by atoms with Crippen LogP contribution in [0.4, 0.5) is 5.82 Å². The van der Waals surface area contributed by atoms with Crippen LogP contribution in [0.2, 0.25) is 0 Å². The van der Waals surface area contributed by atoms with Crippen LogP contribution in [-0.4, -0.2) is 35.5 Å². The number of hydrogen-bond donors (Lipinski definition) is 2. The lowest BCUT2D eigenvalue weighted by Crippen LogP contribution is -2.43. The van der Waals surface area contributed by atoms with Crippen molar-refractivity contribution in [3.8, 4) is 0 Å². The van der Waals surface area contributed by atoms with E-state index in [4.69, 9.17) is 4.74 Å². The van der Waals surface area contributed by atoms with Gasteiger partial charge in [0, 0.05) is 12.8 Å². The van der Waals surface area contributed by atoms with Gasteiger partial charge in [-0.3, -0.25) is 0 Å². The zero-order valence-corrected chi connectivity index (χ0v) is 9.83. The van der Waals surface area contributed by atoms with Gasteiger partial charge in [0.15, 0.2) is 0 Å². The highest BCUT2D eigenvalue weighted by molar-refractivity contribution is 9.10. The molecule has 1 atom stereocenters. The first-order chi connectivity index (χ1) is 7.26. The maximum atomic E-state index is 9.38. The summed E-state index contributed by atoms with van der Waals surface area (Å²) in [6, 6.07) is 3.77. The van der Waals surface area contributed by atoms with Crippen LogP contribution in [0.3, 0.4) is 0 Å². The molecule has 1 fully saturated rings. The highest BCUT2D eigenvalue weighted by atomic mass is 79.9. The third-order valence-electron chi connectivity index (χ3n) is 2.55. The standard InChI is InChI=1S/C10H13BrN2O2/c11-8-2-1-4-12-9(8)13-10(6-14)3-5-15-7-10/h1-2,4,14H,3,5-7H2,(H,12,13). The van der Waals surface area contributed by atoms with E-state index in [0.717, 1.165) is 16.7 Å². The van der Waals surface area contributed by atoms with Crippen molar-refractivity contribution in [3.63, 3.8) is 0 Å².